The Balaban J connectivity index is 2.07. The first-order valence-electron chi connectivity index (χ1n) is 8.97. The molecule has 1 aliphatic rings. The van der Waals surface area contributed by atoms with Crippen molar-refractivity contribution in [3.8, 4) is 6.07 Å². The van der Waals surface area contributed by atoms with Crippen molar-refractivity contribution in [3.63, 3.8) is 0 Å². The van der Waals surface area contributed by atoms with Gasteiger partial charge in [-0.3, -0.25) is 19.7 Å². The van der Waals surface area contributed by atoms with Crippen LogP contribution in [0.2, 0.25) is 5.02 Å². The number of amides is 2. The number of carbonyl (C=O) groups is 2. The highest BCUT2D eigenvalue weighted by Crippen LogP contribution is 2.42. The Labute approximate surface area is 181 Å². The number of hydrazone groups is 1. The first-order valence-corrected chi connectivity index (χ1v) is 9.35. The molecule has 0 fully saturated rings. The Morgan fingerprint density at radius 3 is 2.84 bits per heavy atom. The number of nitro benzene ring substituents is 1. The van der Waals surface area contributed by atoms with E-state index in [1.54, 1.807) is 19.1 Å². The number of halogens is 1. The Morgan fingerprint density at radius 2 is 2.16 bits per heavy atom. The monoisotopic (exact) mass is 441 g/mol. The van der Waals surface area contributed by atoms with E-state index in [2.05, 4.69) is 15.8 Å². The molecule has 11 heteroatoms. The predicted octanol–water partition coefficient (Wildman–Crippen LogP) is 2.52. The molecule has 2 aromatic carbocycles. The van der Waals surface area contributed by atoms with Crippen LogP contribution in [0.25, 0.3) is 0 Å². The maximum Gasteiger partial charge on any atom is 0.270 e. The summed E-state index contributed by atoms with van der Waals surface area (Å²) in [5.41, 5.74) is 1.32. The number of hydrogen-bond acceptors (Lipinski definition) is 7. The molecule has 1 heterocycles. The van der Waals surface area contributed by atoms with Gasteiger partial charge in [-0.2, -0.15) is 10.4 Å². The molecule has 0 saturated carbocycles. The molecule has 10 nitrogen and oxygen atoms in total. The first kappa shape index (κ1) is 21.9. The van der Waals surface area contributed by atoms with E-state index in [0.717, 1.165) is 0 Å². The topological polar surface area (TPSA) is 158 Å². The minimum absolute atomic E-state index is 0.00174. The van der Waals surface area contributed by atoms with Crippen LogP contribution >= 0.6 is 11.6 Å². The molecule has 3 rings (SSSR count). The number of nitrogens with zero attached hydrogens (tertiary/aromatic N) is 3. The van der Waals surface area contributed by atoms with Gasteiger partial charge in [-0.15, -0.1) is 0 Å². The van der Waals surface area contributed by atoms with Crippen LogP contribution in [-0.4, -0.2) is 27.6 Å². The Kier molecular flexibility index (Phi) is 6.01. The van der Waals surface area contributed by atoms with E-state index in [1.807, 2.05) is 0 Å². The fourth-order valence-electron chi connectivity index (χ4n) is 3.24. The molecule has 3 N–H and O–H groups in total. The largest absolute Gasteiger partial charge is 0.375 e. The van der Waals surface area contributed by atoms with Crippen LogP contribution in [0.5, 0.6) is 0 Å². The molecular formula is C20H16ClN5O5. The maximum atomic E-state index is 12.7. The van der Waals surface area contributed by atoms with Crippen molar-refractivity contribution in [1.82, 2.24) is 5.43 Å². The number of nitriles is 1. The molecule has 0 bridgehead atoms. The van der Waals surface area contributed by atoms with Crippen LogP contribution < -0.4 is 10.7 Å². The number of hydrogen-bond donors (Lipinski definition) is 3. The minimum Gasteiger partial charge on any atom is -0.375 e. The Hall–Kier alpha value is -3.81. The van der Waals surface area contributed by atoms with Gasteiger partial charge in [0, 0.05) is 34.7 Å². The van der Waals surface area contributed by atoms with Crippen molar-refractivity contribution in [2.75, 3.05) is 5.32 Å². The highest BCUT2D eigenvalue weighted by molar-refractivity contribution is 6.31. The van der Waals surface area contributed by atoms with Crippen LogP contribution in [0.15, 0.2) is 41.5 Å². The van der Waals surface area contributed by atoms with E-state index < -0.39 is 35.2 Å². The lowest BCUT2D eigenvalue weighted by molar-refractivity contribution is -0.384. The molecule has 0 saturated heterocycles. The molecule has 0 aromatic heterocycles. The molecule has 0 aliphatic carbocycles. The van der Waals surface area contributed by atoms with E-state index in [0.29, 0.717) is 16.3 Å². The Bertz CT molecular complexity index is 1170. The average Bonchev–Trinajstić information content (AvgIpc) is 2.96. The number of aryl methyl sites for hydroxylation is 1. The third-order valence-electron chi connectivity index (χ3n) is 4.73. The predicted molar refractivity (Wildman–Crippen MR) is 111 cm³/mol. The van der Waals surface area contributed by atoms with Crippen molar-refractivity contribution in [2.24, 2.45) is 5.10 Å². The summed E-state index contributed by atoms with van der Waals surface area (Å²) >= 11 is 6.11. The van der Waals surface area contributed by atoms with Gasteiger partial charge in [0.05, 0.1) is 22.4 Å². The number of carbonyl (C=O) groups excluding carboxylic acids is 2. The van der Waals surface area contributed by atoms with Gasteiger partial charge in [-0.05, 0) is 24.6 Å². The number of nitrogens with one attached hydrogen (secondary N) is 2. The lowest BCUT2D eigenvalue weighted by atomic mass is 9.87. The summed E-state index contributed by atoms with van der Waals surface area (Å²) in [4.78, 5) is 35.0. The van der Waals surface area contributed by atoms with Gasteiger partial charge in [-0.25, -0.2) is 5.43 Å². The summed E-state index contributed by atoms with van der Waals surface area (Å²) < 4.78 is 0. The standard InChI is InChI=1S/C20H16ClN5O5/c1-11-7-13(21)9-15-18(11)23-19(28)20(15,29)10-16(24-25-17(27)5-6-22)12-3-2-4-14(8-12)26(30)31/h2-4,7-9,29H,5,10H2,1H3,(H,23,28)(H,25,27). The van der Waals surface area contributed by atoms with Gasteiger partial charge in [0.25, 0.3) is 17.5 Å². The fourth-order valence-corrected chi connectivity index (χ4v) is 3.51. The highest BCUT2D eigenvalue weighted by atomic mass is 35.5. The third-order valence-corrected chi connectivity index (χ3v) is 4.95. The van der Waals surface area contributed by atoms with Crippen molar-refractivity contribution in [2.45, 2.75) is 25.4 Å². The fraction of sp³-hybridized carbons (Fsp3) is 0.200. The van der Waals surface area contributed by atoms with Gasteiger partial charge in [0.15, 0.2) is 5.60 Å². The lowest BCUT2D eigenvalue weighted by Gasteiger charge is -2.22. The van der Waals surface area contributed by atoms with Crippen LogP contribution in [0.3, 0.4) is 0 Å². The Morgan fingerprint density at radius 1 is 1.42 bits per heavy atom. The van der Waals surface area contributed by atoms with E-state index >= 15 is 0 Å². The first-order chi connectivity index (χ1) is 14.7. The van der Waals surface area contributed by atoms with Gasteiger partial charge in [0.1, 0.15) is 6.42 Å². The van der Waals surface area contributed by atoms with Crippen LogP contribution in [0.1, 0.15) is 29.5 Å². The number of nitro groups is 1. The number of non-ortho nitro benzene ring substituents is 1. The molecule has 158 valence electrons. The van der Waals surface area contributed by atoms with Crippen LogP contribution in [0.4, 0.5) is 11.4 Å². The summed E-state index contributed by atoms with van der Waals surface area (Å²) in [7, 11) is 0. The van der Waals surface area contributed by atoms with Gasteiger partial charge in [-0.1, -0.05) is 23.7 Å². The molecule has 31 heavy (non-hydrogen) atoms. The van der Waals surface area contributed by atoms with Gasteiger partial charge in [0.2, 0.25) is 0 Å². The number of benzene rings is 2. The molecule has 0 radical (unpaired) electrons. The highest BCUT2D eigenvalue weighted by Gasteiger charge is 2.47. The van der Waals surface area contributed by atoms with Crippen molar-refractivity contribution >= 4 is 40.5 Å². The molecule has 1 unspecified atom stereocenters. The second-order valence-electron chi connectivity index (χ2n) is 6.87. The lowest BCUT2D eigenvalue weighted by Crippen LogP contribution is -2.37. The summed E-state index contributed by atoms with van der Waals surface area (Å²) in [6.07, 6.45) is -0.881. The van der Waals surface area contributed by atoms with Crippen molar-refractivity contribution < 1.29 is 19.6 Å². The van der Waals surface area contributed by atoms with Crippen LogP contribution in [-0.2, 0) is 15.2 Å². The number of anilines is 1. The summed E-state index contributed by atoms with van der Waals surface area (Å²) in [6.45, 7) is 1.72. The molecule has 1 atom stereocenters. The second kappa shape index (κ2) is 8.51. The van der Waals surface area contributed by atoms with Gasteiger partial charge >= 0.3 is 0 Å². The minimum atomic E-state index is -2.09. The zero-order chi connectivity index (χ0) is 22.8. The summed E-state index contributed by atoms with van der Waals surface area (Å²) in [5.74, 6) is -1.44. The van der Waals surface area contributed by atoms with Crippen LogP contribution in [0, 0.1) is 28.4 Å². The number of aliphatic hydroxyl groups is 1. The summed E-state index contributed by atoms with van der Waals surface area (Å²) in [5, 5.41) is 38.0. The molecule has 1 aliphatic heterocycles. The zero-order valence-electron chi connectivity index (χ0n) is 16.2. The van der Waals surface area contributed by atoms with E-state index in [9.17, 15) is 24.8 Å². The molecule has 2 aromatic rings. The molecule has 2 amide bonds. The quantitative estimate of drug-likeness (QED) is 0.355. The normalized spacial score (nSPS) is 17.5. The van der Waals surface area contributed by atoms with E-state index in [4.69, 9.17) is 16.9 Å². The molecule has 0 spiro atoms. The second-order valence-corrected chi connectivity index (χ2v) is 7.31. The average molecular weight is 442 g/mol. The third kappa shape index (κ3) is 4.37. The van der Waals surface area contributed by atoms with Crippen molar-refractivity contribution in [1.29, 1.82) is 5.26 Å². The van der Waals surface area contributed by atoms with Gasteiger partial charge < -0.3 is 10.4 Å². The van der Waals surface area contributed by atoms with E-state index in [1.165, 1.54) is 30.3 Å². The van der Waals surface area contributed by atoms with Crippen molar-refractivity contribution in [3.05, 3.63) is 68.2 Å². The number of fused-ring (bicyclic) bond motifs is 1. The number of rotatable bonds is 6. The SMILES string of the molecule is Cc1cc(Cl)cc2c1NC(=O)C2(O)CC(=NNC(=O)CC#N)c1cccc([N+](=O)[O-])c1. The smallest absolute Gasteiger partial charge is 0.270 e. The molecular weight excluding hydrogens is 426 g/mol. The van der Waals surface area contributed by atoms with E-state index in [-0.39, 0.29) is 22.5 Å². The summed E-state index contributed by atoms with van der Waals surface area (Å²) in [6, 6.07) is 10.1. The zero-order valence-corrected chi connectivity index (χ0v) is 16.9. The maximum absolute atomic E-state index is 12.7.